The molecule has 104 valence electrons. The molecule has 0 saturated heterocycles. The molecule has 5 heteroatoms. The summed E-state index contributed by atoms with van der Waals surface area (Å²) in [6, 6.07) is 0.210. The fourth-order valence-corrected chi connectivity index (χ4v) is 2.28. The average molecular weight is 255 g/mol. The van der Waals surface area contributed by atoms with Crippen LogP contribution >= 0.6 is 0 Å². The van der Waals surface area contributed by atoms with Crippen LogP contribution in [0.3, 0.4) is 0 Å². The summed E-state index contributed by atoms with van der Waals surface area (Å²) in [7, 11) is 1.73. The molecule has 1 aliphatic carbocycles. The lowest BCUT2D eigenvalue weighted by atomic mass is 9.79. The number of nitrogens with zero attached hydrogens (tertiary/aromatic N) is 1. The predicted molar refractivity (Wildman–Crippen MR) is 70.8 cm³/mol. The van der Waals surface area contributed by atoms with Crippen LogP contribution in [0.2, 0.25) is 0 Å². The summed E-state index contributed by atoms with van der Waals surface area (Å²) in [5, 5.41) is 2.73. The smallest absolute Gasteiger partial charge is 0.241 e. The van der Waals surface area contributed by atoms with Gasteiger partial charge in [0.05, 0.1) is 6.54 Å². The molecule has 3 N–H and O–H groups in total. The van der Waals surface area contributed by atoms with Gasteiger partial charge in [0, 0.05) is 25.6 Å². The van der Waals surface area contributed by atoms with Gasteiger partial charge in [-0.2, -0.15) is 0 Å². The van der Waals surface area contributed by atoms with Crippen molar-refractivity contribution in [1.29, 1.82) is 0 Å². The Morgan fingerprint density at radius 3 is 2.61 bits per heavy atom. The van der Waals surface area contributed by atoms with Crippen LogP contribution in [-0.2, 0) is 9.59 Å². The van der Waals surface area contributed by atoms with Gasteiger partial charge in [0.1, 0.15) is 0 Å². The van der Waals surface area contributed by atoms with Crippen LogP contribution in [0.25, 0.3) is 0 Å². The van der Waals surface area contributed by atoms with Crippen molar-refractivity contribution in [3.63, 3.8) is 0 Å². The van der Waals surface area contributed by atoms with Crippen LogP contribution in [0.4, 0.5) is 0 Å². The minimum atomic E-state index is -0.0496. The van der Waals surface area contributed by atoms with Crippen LogP contribution in [0.1, 0.15) is 33.1 Å². The summed E-state index contributed by atoms with van der Waals surface area (Å²) >= 11 is 0. The molecule has 1 fully saturated rings. The summed E-state index contributed by atoms with van der Waals surface area (Å²) < 4.78 is 0. The number of carbonyl (C=O) groups excluding carboxylic acids is 2. The van der Waals surface area contributed by atoms with E-state index in [9.17, 15) is 9.59 Å². The fourth-order valence-electron chi connectivity index (χ4n) is 2.28. The molecule has 0 spiro atoms. The van der Waals surface area contributed by atoms with Crippen molar-refractivity contribution in [2.75, 3.05) is 20.1 Å². The highest BCUT2D eigenvalue weighted by Crippen LogP contribution is 2.27. The number of likely N-dealkylation sites (N-methyl/N-ethyl adjacent to an activating group) is 1. The Kier molecular flexibility index (Phi) is 5.59. The SMILES string of the molecule is CCN(C)C(=O)CNC(=O)C1CCC(N)C(C)C1. The Morgan fingerprint density at radius 2 is 2.06 bits per heavy atom. The molecule has 0 aliphatic heterocycles. The Morgan fingerprint density at radius 1 is 1.39 bits per heavy atom. The molecule has 0 aromatic rings. The summed E-state index contributed by atoms with van der Waals surface area (Å²) in [6.07, 6.45) is 2.54. The maximum Gasteiger partial charge on any atom is 0.241 e. The Labute approximate surface area is 109 Å². The zero-order chi connectivity index (χ0) is 13.7. The summed E-state index contributed by atoms with van der Waals surface area (Å²) in [5.74, 6) is 0.334. The van der Waals surface area contributed by atoms with Crippen molar-refractivity contribution in [1.82, 2.24) is 10.2 Å². The molecule has 3 atom stereocenters. The fraction of sp³-hybridized carbons (Fsp3) is 0.846. The zero-order valence-corrected chi connectivity index (χ0v) is 11.6. The first-order valence-electron chi connectivity index (χ1n) is 6.73. The highest BCUT2D eigenvalue weighted by molar-refractivity contribution is 5.85. The second kappa shape index (κ2) is 6.73. The van der Waals surface area contributed by atoms with Crippen LogP contribution in [0, 0.1) is 11.8 Å². The molecule has 0 heterocycles. The first-order valence-corrected chi connectivity index (χ1v) is 6.73. The van der Waals surface area contributed by atoms with Crippen LogP contribution in [-0.4, -0.2) is 42.9 Å². The summed E-state index contributed by atoms with van der Waals surface area (Å²) in [6.45, 7) is 4.74. The van der Waals surface area contributed by atoms with E-state index in [1.54, 1.807) is 11.9 Å². The number of hydrogen-bond donors (Lipinski definition) is 2. The standard InChI is InChI=1S/C13H25N3O2/c1-4-16(3)12(17)8-15-13(18)10-5-6-11(14)9(2)7-10/h9-11H,4-8,14H2,1-3H3,(H,15,18). The van der Waals surface area contributed by atoms with E-state index in [1.807, 2.05) is 6.92 Å². The molecular formula is C13H25N3O2. The minimum absolute atomic E-state index is 0.00777. The van der Waals surface area contributed by atoms with E-state index in [0.29, 0.717) is 12.5 Å². The molecule has 0 aromatic heterocycles. The van der Waals surface area contributed by atoms with Gasteiger partial charge in [-0.05, 0) is 32.1 Å². The molecular weight excluding hydrogens is 230 g/mol. The van der Waals surface area contributed by atoms with Crippen molar-refractivity contribution < 1.29 is 9.59 Å². The molecule has 18 heavy (non-hydrogen) atoms. The zero-order valence-electron chi connectivity index (χ0n) is 11.6. The Balaban J connectivity index is 2.35. The second-order valence-electron chi connectivity index (χ2n) is 5.28. The lowest BCUT2D eigenvalue weighted by Crippen LogP contribution is -2.43. The third kappa shape index (κ3) is 3.98. The van der Waals surface area contributed by atoms with E-state index in [1.165, 1.54) is 0 Å². The van der Waals surface area contributed by atoms with E-state index in [4.69, 9.17) is 5.73 Å². The van der Waals surface area contributed by atoms with E-state index >= 15 is 0 Å². The molecule has 3 unspecified atom stereocenters. The number of amides is 2. The van der Waals surface area contributed by atoms with Gasteiger partial charge in [-0.25, -0.2) is 0 Å². The molecule has 2 amide bonds. The van der Waals surface area contributed by atoms with Crippen LogP contribution in [0.15, 0.2) is 0 Å². The minimum Gasteiger partial charge on any atom is -0.347 e. The number of nitrogens with one attached hydrogen (secondary N) is 1. The van der Waals surface area contributed by atoms with Gasteiger partial charge in [-0.3, -0.25) is 9.59 Å². The predicted octanol–water partition coefficient (Wildman–Crippen LogP) is 0.344. The maximum atomic E-state index is 11.9. The quantitative estimate of drug-likeness (QED) is 0.761. The first-order chi connectivity index (χ1) is 8.45. The number of carbonyl (C=O) groups is 2. The molecule has 1 rings (SSSR count). The van der Waals surface area contributed by atoms with Crippen LogP contribution < -0.4 is 11.1 Å². The lowest BCUT2D eigenvalue weighted by molar-refractivity contribution is -0.133. The Hall–Kier alpha value is -1.10. The molecule has 0 bridgehead atoms. The van der Waals surface area contributed by atoms with E-state index in [0.717, 1.165) is 19.3 Å². The number of rotatable bonds is 4. The first kappa shape index (κ1) is 15.0. The Bertz CT molecular complexity index is 307. The molecule has 1 saturated carbocycles. The van der Waals surface area contributed by atoms with Gasteiger partial charge in [0.15, 0.2) is 0 Å². The summed E-state index contributed by atoms with van der Waals surface area (Å²) in [5.41, 5.74) is 5.93. The van der Waals surface area contributed by atoms with Crippen molar-refractivity contribution >= 4 is 11.8 Å². The van der Waals surface area contributed by atoms with E-state index < -0.39 is 0 Å². The highest BCUT2D eigenvalue weighted by atomic mass is 16.2. The van der Waals surface area contributed by atoms with E-state index in [-0.39, 0.29) is 30.3 Å². The monoisotopic (exact) mass is 255 g/mol. The average Bonchev–Trinajstić information content (AvgIpc) is 2.37. The van der Waals surface area contributed by atoms with Gasteiger partial charge in [-0.15, -0.1) is 0 Å². The second-order valence-corrected chi connectivity index (χ2v) is 5.28. The van der Waals surface area contributed by atoms with Gasteiger partial charge >= 0.3 is 0 Å². The maximum absolute atomic E-state index is 11.9. The van der Waals surface area contributed by atoms with Crippen molar-refractivity contribution in [2.24, 2.45) is 17.6 Å². The molecule has 1 aliphatic rings. The number of nitrogens with two attached hydrogens (primary N) is 1. The van der Waals surface area contributed by atoms with Crippen molar-refractivity contribution in [2.45, 2.75) is 39.2 Å². The third-order valence-corrected chi connectivity index (χ3v) is 3.92. The topological polar surface area (TPSA) is 75.4 Å². The van der Waals surface area contributed by atoms with Crippen molar-refractivity contribution in [3.8, 4) is 0 Å². The van der Waals surface area contributed by atoms with Crippen molar-refractivity contribution in [3.05, 3.63) is 0 Å². The highest BCUT2D eigenvalue weighted by Gasteiger charge is 2.29. The van der Waals surface area contributed by atoms with Gasteiger partial charge < -0.3 is 16.0 Å². The normalized spacial score (nSPS) is 27.7. The molecule has 5 nitrogen and oxygen atoms in total. The summed E-state index contributed by atoms with van der Waals surface area (Å²) in [4.78, 5) is 25.1. The van der Waals surface area contributed by atoms with Gasteiger partial charge in [-0.1, -0.05) is 6.92 Å². The van der Waals surface area contributed by atoms with E-state index in [2.05, 4.69) is 12.2 Å². The number of hydrogen-bond acceptors (Lipinski definition) is 3. The lowest BCUT2D eigenvalue weighted by Gasteiger charge is -2.31. The van der Waals surface area contributed by atoms with Gasteiger partial charge in [0.25, 0.3) is 0 Å². The molecule has 0 aromatic carbocycles. The van der Waals surface area contributed by atoms with Gasteiger partial charge in [0.2, 0.25) is 11.8 Å². The van der Waals surface area contributed by atoms with Crippen LogP contribution in [0.5, 0.6) is 0 Å². The third-order valence-electron chi connectivity index (χ3n) is 3.92. The largest absolute Gasteiger partial charge is 0.347 e. The molecule has 0 radical (unpaired) electrons.